The maximum Gasteiger partial charge on any atom is 0.127 e. The summed E-state index contributed by atoms with van der Waals surface area (Å²) in [5.41, 5.74) is 1.67. The van der Waals surface area contributed by atoms with E-state index in [2.05, 4.69) is 0 Å². The minimum atomic E-state index is 0.0423. The molecule has 1 unspecified atom stereocenters. The molecule has 0 amide bonds. The van der Waals surface area contributed by atoms with Gasteiger partial charge in [0.05, 0.1) is 0 Å². The van der Waals surface area contributed by atoms with Gasteiger partial charge in [0, 0.05) is 32.2 Å². The van der Waals surface area contributed by atoms with Gasteiger partial charge in [0.1, 0.15) is 11.5 Å². The van der Waals surface area contributed by atoms with E-state index >= 15 is 0 Å². The third kappa shape index (κ3) is 2.05. The van der Waals surface area contributed by atoms with E-state index < -0.39 is 0 Å². The predicted molar refractivity (Wildman–Crippen MR) is 80.7 cm³/mol. The molecule has 0 heterocycles. The first kappa shape index (κ1) is 12.9. The van der Waals surface area contributed by atoms with Crippen LogP contribution in [-0.2, 0) is 12.8 Å². The van der Waals surface area contributed by atoms with E-state index in [9.17, 15) is 10.2 Å². The third-order valence-corrected chi connectivity index (χ3v) is 4.90. The van der Waals surface area contributed by atoms with Crippen LogP contribution >= 0.6 is 23.4 Å². The highest BCUT2D eigenvalue weighted by Crippen LogP contribution is 2.44. The van der Waals surface area contributed by atoms with Crippen molar-refractivity contribution in [1.82, 2.24) is 0 Å². The van der Waals surface area contributed by atoms with Crippen molar-refractivity contribution in [3.05, 3.63) is 29.3 Å². The van der Waals surface area contributed by atoms with Crippen LogP contribution in [0, 0.1) is 0 Å². The van der Waals surface area contributed by atoms with Gasteiger partial charge in [-0.15, -0.1) is 23.4 Å². The quantitative estimate of drug-likeness (QED) is 0.473. The molecule has 100 valence electrons. The summed E-state index contributed by atoms with van der Waals surface area (Å²) >= 11 is 7.79. The molecule has 0 saturated heterocycles. The van der Waals surface area contributed by atoms with Crippen molar-refractivity contribution in [2.45, 2.75) is 29.5 Å². The molecule has 0 fully saturated rings. The highest BCUT2D eigenvalue weighted by Gasteiger charge is 2.25. The van der Waals surface area contributed by atoms with Gasteiger partial charge in [0.25, 0.3) is 0 Å². The van der Waals surface area contributed by atoms with Gasteiger partial charge in [-0.25, -0.2) is 0 Å². The maximum absolute atomic E-state index is 10.5. The summed E-state index contributed by atoms with van der Waals surface area (Å²) in [5, 5.41) is 22.4. The zero-order valence-electron chi connectivity index (χ0n) is 10.6. The zero-order chi connectivity index (χ0) is 13.6. The smallest absolute Gasteiger partial charge is 0.127 e. The Bertz CT molecular complexity index is 654. The fourth-order valence-corrected chi connectivity index (χ4v) is 3.48. The molecule has 19 heavy (non-hydrogen) atoms. The number of phenols is 2. The molecule has 1 atom stereocenters. The Morgan fingerprint density at radius 3 is 2.63 bits per heavy atom. The van der Waals surface area contributed by atoms with Crippen LogP contribution in [-0.4, -0.2) is 21.8 Å². The van der Waals surface area contributed by atoms with Crippen molar-refractivity contribution < 1.29 is 10.2 Å². The van der Waals surface area contributed by atoms with Gasteiger partial charge in [-0.3, -0.25) is 0 Å². The van der Waals surface area contributed by atoms with Gasteiger partial charge in [-0.1, -0.05) is 0 Å². The molecule has 0 spiro atoms. The first-order valence-corrected chi connectivity index (χ1v) is 7.95. The number of hydrogen-bond acceptors (Lipinski definition) is 3. The van der Waals surface area contributed by atoms with E-state index in [4.69, 9.17) is 11.6 Å². The Labute approximate surface area is 121 Å². The third-order valence-electron chi connectivity index (χ3n) is 3.81. The number of thioether (sulfide) groups is 1. The molecule has 0 aromatic heterocycles. The van der Waals surface area contributed by atoms with Crippen LogP contribution in [0.3, 0.4) is 0 Å². The first-order valence-electron chi connectivity index (χ1n) is 6.29. The van der Waals surface area contributed by atoms with Crippen molar-refractivity contribution in [2.24, 2.45) is 0 Å². The minimum absolute atomic E-state index is 0.0423. The van der Waals surface area contributed by atoms with Gasteiger partial charge >= 0.3 is 0 Å². The molecule has 0 saturated carbocycles. The number of hydrogen-bond donors (Lipinski definition) is 2. The second kappa shape index (κ2) is 4.80. The molecule has 0 aliphatic heterocycles. The van der Waals surface area contributed by atoms with Crippen LogP contribution < -0.4 is 0 Å². The fourth-order valence-electron chi connectivity index (χ4n) is 2.78. The summed E-state index contributed by atoms with van der Waals surface area (Å²) < 4.78 is 0. The Morgan fingerprint density at radius 2 is 1.89 bits per heavy atom. The summed E-state index contributed by atoms with van der Waals surface area (Å²) in [4.78, 5) is 1.08. The summed E-state index contributed by atoms with van der Waals surface area (Å²) in [6, 6.07) is 5.76. The molecule has 1 aliphatic rings. The fraction of sp³-hybridized carbons (Fsp3) is 0.333. The lowest BCUT2D eigenvalue weighted by Crippen LogP contribution is -2.14. The molecular formula is C15H15ClO2S. The summed E-state index contributed by atoms with van der Waals surface area (Å²) in [6.07, 6.45) is 4.18. The number of aromatic hydroxyl groups is 2. The van der Waals surface area contributed by atoms with E-state index in [1.807, 2.05) is 24.5 Å². The molecule has 0 bridgehead atoms. The predicted octanol–water partition coefficient (Wildman–Crippen LogP) is 4.07. The van der Waals surface area contributed by atoms with Gasteiger partial charge in [-0.05, 0) is 43.7 Å². The monoisotopic (exact) mass is 294 g/mol. The molecule has 4 heteroatoms. The van der Waals surface area contributed by atoms with Gasteiger partial charge in [-0.2, -0.15) is 0 Å². The molecule has 1 aliphatic carbocycles. The van der Waals surface area contributed by atoms with Crippen LogP contribution in [0.1, 0.15) is 17.5 Å². The Hall–Kier alpha value is -1.06. The zero-order valence-corrected chi connectivity index (χ0v) is 12.2. The highest BCUT2D eigenvalue weighted by atomic mass is 35.5. The topological polar surface area (TPSA) is 40.5 Å². The van der Waals surface area contributed by atoms with Crippen molar-refractivity contribution in [1.29, 1.82) is 0 Å². The minimum Gasteiger partial charge on any atom is -0.507 e. The second-order valence-corrected chi connectivity index (χ2v) is 6.40. The second-order valence-electron chi connectivity index (χ2n) is 4.91. The van der Waals surface area contributed by atoms with E-state index in [0.717, 1.165) is 34.3 Å². The molecular weight excluding hydrogens is 280 g/mol. The number of fused-ring (bicyclic) bond motifs is 2. The average molecular weight is 295 g/mol. The molecule has 2 nitrogen and oxygen atoms in total. The van der Waals surface area contributed by atoms with Crippen molar-refractivity contribution in [2.75, 3.05) is 6.26 Å². The Balaban J connectivity index is 2.32. The van der Waals surface area contributed by atoms with Gasteiger partial charge < -0.3 is 10.2 Å². The number of rotatable bonds is 1. The molecule has 2 aromatic carbocycles. The van der Waals surface area contributed by atoms with Crippen molar-refractivity contribution in [3.63, 3.8) is 0 Å². The summed E-state index contributed by atoms with van der Waals surface area (Å²) in [5.74, 6) is 0.586. The first-order chi connectivity index (χ1) is 9.11. The normalized spacial score (nSPS) is 18.5. The van der Waals surface area contributed by atoms with Crippen LogP contribution in [0.5, 0.6) is 11.5 Å². The Morgan fingerprint density at radius 1 is 1.16 bits per heavy atom. The highest BCUT2D eigenvalue weighted by molar-refractivity contribution is 7.98. The van der Waals surface area contributed by atoms with E-state index in [-0.39, 0.29) is 11.1 Å². The average Bonchev–Trinajstić information content (AvgIpc) is 2.44. The maximum atomic E-state index is 10.5. The molecule has 3 rings (SSSR count). The number of phenolic OH excluding ortho intramolecular Hbond substituents is 2. The van der Waals surface area contributed by atoms with E-state index in [1.165, 1.54) is 0 Å². The number of benzene rings is 2. The van der Waals surface area contributed by atoms with Crippen LogP contribution in [0.4, 0.5) is 0 Å². The number of alkyl halides is 1. The lowest BCUT2D eigenvalue weighted by atomic mass is 9.87. The van der Waals surface area contributed by atoms with E-state index in [1.54, 1.807) is 11.8 Å². The van der Waals surface area contributed by atoms with Crippen molar-refractivity contribution >= 4 is 34.1 Å². The Kier molecular flexibility index (Phi) is 3.27. The molecule has 0 radical (unpaired) electrons. The number of halogens is 1. The lowest BCUT2D eigenvalue weighted by molar-refractivity contribution is 0.449. The molecule has 2 N–H and O–H groups in total. The van der Waals surface area contributed by atoms with E-state index in [0.29, 0.717) is 17.6 Å². The standard InChI is InChI=1S/C15H15ClO2S/c1-19-9-3-5-11-13(7-9)15(18)10-4-2-8(16)6-12(10)14(11)17/h3,5,7-8,17-18H,2,4,6H2,1H3. The van der Waals surface area contributed by atoms with Crippen LogP contribution in [0.2, 0.25) is 0 Å². The SMILES string of the molecule is CSc1ccc2c(O)c3c(c(O)c2c1)CCC(Cl)C3. The summed E-state index contributed by atoms with van der Waals surface area (Å²) in [6.45, 7) is 0. The van der Waals surface area contributed by atoms with Gasteiger partial charge in [0.15, 0.2) is 0 Å². The lowest BCUT2D eigenvalue weighted by Gasteiger charge is -2.23. The summed E-state index contributed by atoms with van der Waals surface area (Å²) in [7, 11) is 0. The van der Waals surface area contributed by atoms with Crippen LogP contribution in [0.15, 0.2) is 23.1 Å². The van der Waals surface area contributed by atoms with Crippen molar-refractivity contribution in [3.8, 4) is 11.5 Å². The van der Waals surface area contributed by atoms with Gasteiger partial charge in [0.2, 0.25) is 0 Å². The largest absolute Gasteiger partial charge is 0.507 e. The van der Waals surface area contributed by atoms with Crippen LogP contribution in [0.25, 0.3) is 10.8 Å². The molecule has 2 aromatic rings.